The molecule has 1 aromatic heterocycles. The van der Waals surface area contributed by atoms with Gasteiger partial charge in [-0.1, -0.05) is 20.8 Å². The highest BCUT2D eigenvalue weighted by Crippen LogP contribution is 2.29. The first-order valence-electron chi connectivity index (χ1n) is 9.44. The van der Waals surface area contributed by atoms with E-state index in [1.54, 1.807) is 19.2 Å². The van der Waals surface area contributed by atoms with Crippen LogP contribution < -0.4 is 10.8 Å². The smallest absolute Gasteiger partial charge is 0.305 e. The topological polar surface area (TPSA) is 118 Å². The summed E-state index contributed by atoms with van der Waals surface area (Å²) in [5.74, 6) is -2.60. The summed E-state index contributed by atoms with van der Waals surface area (Å²) in [5, 5.41) is 11.2. The number of aliphatic carboxylic acids is 1. The molecule has 8 nitrogen and oxygen atoms in total. The maximum Gasteiger partial charge on any atom is 0.305 e. The van der Waals surface area contributed by atoms with Crippen LogP contribution in [0.3, 0.4) is 0 Å². The lowest BCUT2D eigenvalue weighted by molar-refractivity contribution is -0.147. The third kappa shape index (κ3) is 5.60. The molecule has 2 atom stereocenters. The predicted molar refractivity (Wildman–Crippen MR) is 103 cm³/mol. The number of nitrogens with one attached hydrogen (secondary N) is 2. The van der Waals surface area contributed by atoms with Crippen LogP contribution in [0, 0.1) is 5.92 Å². The van der Waals surface area contributed by atoms with E-state index in [0.717, 1.165) is 12.0 Å². The van der Waals surface area contributed by atoms with Crippen molar-refractivity contribution in [2.75, 3.05) is 6.67 Å². The van der Waals surface area contributed by atoms with Crippen molar-refractivity contribution in [3.8, 4) is 0 Å². The number of halogens is 1. The van der Waals surface area contributed by atoms with Gasteiger partial charge in [0.05, 0.1) is 17.8 Å². The number of pyridine rings is 1. The van der Waals surface area contributed by atoms with Gasteiger partial charge in [0.1, 0.15) is 12.7 Å². The lowest BCUT2D eigenvalue weighted by atomic mass is 9.96. The van der Waals surface area contributed by atoms with Gasteiger partial charge in [-0.15, -0.1) is 0 Å². The van der Waals surface area contributed by atoms with E-state index in [9.17, 15) is 18.8 Å². The zero-order valence-corrected chi connectivity index (χ0v) is 16.7. The molecule has 3 N–H and O–H groups in total. The van der Waals surface area contributed by atoms with Crippen LogP contribution >= 0.6 is 0 Å². The molecule has 9 heteroatoms. The Bertz CT molecular complexity index is 811. The summed E-state index contributed by atoms with van der Waals surface area (Å²) < 4.78 is 12.7. The Balaban J connectivity index is 2.24. The summed E-state index contributed by atoms with van der Waals surface area (Å²) in [7, 11) is 0. The van der Waals surface area contributed by atoms with E-state index < -0.39 is 42.4 Å². The first-order chi connectivity index (χ1) is 13.7. The molecule has 1 aliphatic rings. The molecule has 0 saturated carbocycles. The van der Waals surface area contributed by atoms with Crippen LogP contribution in [0.15, 0.2) is 24.4 Å². The van der Waals surface area contributed by atoms with Gasteiger partial charge in [0.25, 0.3) is 5.91 Å². The summed E-state index contributed by atoms with van der Waals surface area (Å²) in [4.78, 5) is 45.2. The molecule has 0 fully saturated rings. The van der Waals surface area contributed by atoms with Gasteiger partial charge in [0.2, 0.25) is 0 Å². The first-order valence-corrected chi connectivity index (χ1v) is 9.44. The van der Waals surface area contributed by atoms with Crippen molar-refractivity contribution in [3.63, 3.8) is 0 Å². The zero-order chi connectivity index (χ0) is 21.6. The highest BCUT2D eigenvalue weighted by atomic mass is 19.1. The van der Waals surface area contributed by atoms with Crippen LogP contribution in [0.4, 0.5) is 4.39 Å². The van der Waals surface area contributed by atoms with E-state index in [-0.39, 0.29) is 6.42 Å². The van der Waals surface area contributed by atoms with Crippen molar-refractivity contribution < 1.29 is 28.7 Å². The fourth-order valence-electron chi connectivity index (χ4n) is 3.02. The second-order valence-corrected chi connectivity index (χ2v) is 7.38. The third-order valence-corrected chi connectivity index (χ3v) is 4.58. The van der Waals surface area contributed by atoms with Crippen molar-refractivity contribution in [1.29, 1.82) is 0 Å². The van der Waals surface area contributed by atoms with Crippen LogP contribution in [-0.2, 0) is 25.6 Å². The van der Waals surface area contributed by atoms with Gasteiger partial charge >= 0.3 is 5.97 Å². The molecule has 2 rings (SSSR count). The lowest BCUT2D eigenvalue weighted by Gasteiger charge is -2.25. The monoisotopic (exact) mass is 407 g/mol. The van der Waals surface area contributed by atoms with Crippen LogP contribution in [0.2, 0.25) is 0 Å². The zero-order valence-electron chi connectivity index (χ0n) is 16.7. The van der Waals surface area contributed by atoms with Gasteiger partial charge in [-0.05, 0) is 42.5 Å². The van der Waals surface area contributed by atoms with Crippen LogP contribution in [0.1, 0.15) is 44.9 Å². The average molecular weight is 407 g/mol. The maximum atomic E-state index is 12.8. The number of hydrogen-bond donors (Lipinski definition) is 3. The second kappa shape index (κ2) is 9.60. The molecule has 29 heavy (non-hydrogen) atoms. The molecule has 1 aromatic rings. The summed E-state index contributed by atoms with van der Waals surface area (Å²) >= 11 is 0. The number of carbonyl (C=O) groups excluding carboxylic acids is 2. The van der Waals surface area contributed by atoms with E-state index in [2.05, 4.69) is 29.6 Å². The number of amides is 1. The minimum atomic E-state index is -1.47. The lowest BCUT2D eigenvalue weighted by Crippen LogP contribution is -2.53. The molecular formula is C20H26FN3O5. The predicted octanol–water partition coefficient (Wildman–Crippen LogP) is 1.80. The van der Waals surface area contributed by atoms with Gasteiger partial charge in [-0.25, -0.2) is 4.39 Å². The second-order valence-electron chi connectivity index (χ2n) is 7.38. The molecule has 0 saturated heterocycles. The number of ketones is 1. The third-order valence-electron chi connectivity index (χ3n) is 4.58. The minimum Gasteiger partial charge on any atom is -0.481 e. The minimum absolute atomic E-state index is 0.199. The highest BCUT2D eigenvalue weighted by Gasteiger charge is 2.43. The van der Waals surface area contributed by atoms with Crippen molar-refractivity contribution in [2.24, 2.45) is 5.92 Å². The number of nitrogens with zero attached hydrogens (tertiary/aromatic N) is 1. The Morgan fingerprint density at radius 3 is 2.69 bits per heavy atom. The largest absolute Gasteiger partial charge is 0.481 e. The van der Waals surface area contributed by atoms with Crippen LogP contribution in [0.25, 0.3) is 5.70 Å². The van der Waals surface area contributed by atoms with E-state index in [4.69, 9.17) is 9.94 Å². The number of carbonyl (C=O) groups is 3. The van der Waals surface area contributed by atoms with Crippen molar-refractivity contribution in [1.82, 2.24) is 15.8 Å². The van der Waals surface area contributed by atoms with Gasteiger partial charge in [0, 0.05) is 6.20 Å². The molecule has 158 valence electrons. The van der Waals surface area contributed by atoms with Crippen LogP contribution in [0.5, 0.6) is 0 Å². The molecule has 1 amide bonds. The standard InChI is InChI=1S/C20H26FN3O5/c1-4-20(19(28)23-15(9-18(26)27)17(25)11-21)10-16(24-29-20)14-8-13(5-6-22-14)7-12(2)3/h5-6,8,10,12,15,24H,4,7,9,11H2,1-3H3,(H,23,28)(H,26,27). The van der Waals surface area contributed by atoms with E-state index in [0.29, 0.717) is 17.3 Å². The number of rotatable bonds is 10. The Labute approximate surface area is 168 Å². The van der Waals surface area contributed by atoms with E-state index >= 15 is 0 Å². The molecule has 0 aromatic carbocycles. The number of Topliss-reactive ketones (excluding diaryl/α,β-unsaturated/α-hetero) is 1. The maximum absolute atomic E-state index is 12.8. The molecule has 0 aliphatic carbocycles. The molecule has 1 aliphatic heterocycles. The fourth-order valence-corrected chi connectivity index (χ4v) is 3.02. The van der Waals surface area contributed by atoms with Crippen molar-refractivity contribution in [2.45, 2.75) is 51.7 Å². The molecule has 0 spiro atoms. The summed E-state index contributed by atoms with van der Waals surface area (Å²) in [6, 6.07) is 2.34. The Hall–Kier alpha value is -2.81. The van der Waals surface area contributed by atoms with Crippen molar-refractivity contribution in [3.05, 3.63) is 35.7 Å². The first kappa shape index (κ1) is 22.5. The average Bonchev–Trinajstić information content (AvgIpc) is 3.12. The van der Waals surface area contributed by atoms with Gasteiger partial charge in [-0.2, -0.15) is 0 Å². The molecule has 2 heterocycles. The SMILES string of the molecule is CCC1(C(=O)NC(CC(=O)O)C(=O)CF)C=C(c2cc(CC(C)C)ccn2)NO1. The molecule has 0 radical (unpaired) electrons. The van der Waals surface area contributed by atoms with E-state index in [1.165, 1.54) is 0 Å². The van der Waals surface area contributed by atoms with Crippen molar-refractivity contribution >= 4 is 23.4 Å². The summed E-state index contributed by atoms with van der Waals surface area (Å²) in [6.45, 7) is 4.54. The molecular weight excluding hydrogens is 381 g/mol. The highest BCUT2D eigenvalue weighted by molar-refractivity contribution is 5.96. The number of aromatic nitrogens is 1. The fraction of sp³-hybridized carbons (Fsp3) is 0.500. The summed E-state index contributed by atoms with van der Waals surface area (Å²) in [6.07, 6.45) is 3.57. The number of alkyl halides is 1. The molecule has 0 bridgehead atoms. The van der Waals surface area contributed by atoms with Gasteiger partial charge in [-0.3, -0.25) is 29.7 Å². The summed E-state index contributed by atoms with van der Waals surface area (Å²) in [5.41, 5.74) is 3.38. The van der Waals surface area contributed by atoms with E-state index in [1.807, 2.05) is 12.1 Å². The van der Waals surface area contributed by atoms with Crippen LogP contribution in [-0.4, -0.2) is 46.1 Å². The van der Waals surface area contributed by atoms with Gasteiger partial charge < -0.3 is 10.4 Å². The Morgan fingerprint density at radius 1 is 1.38 bits per heavy atom. The number of hydroxylamine groups is 1. The number of carboxylic acid groups (broad SMARTS) is 1. The quantitative estimate of drug-likeness (QED) is 0.541. The Morgan fingerprint density at radius 2 is 2.10 bits per heavy atom. The number of hydrogen-bond acceptors (Lipinski definition) is 6. The number of carboxylic acids is 1. The normalized spacial score (nSPS) is 19.4. The Kier molecular flexibility index (Phi) is 7.44. The molecule has 2 unspecified atom stereocenters. The van der Waals surface area contributed by atoms with Gasteiger partial charge in [0.15, 0.2) is 11.4 Å².